The number of amides is 2. The molecule has 1 saturated heterocycles. The third kappa shape index (κ3) is 4.72. The minimum absolute atomic E-state index is 0.00558. The van der Waals surface area contributed by atoms with E-state index in [1.807, 2.05) is 42.2 Å². The molecule has 32 heavy (non-hydrogen) atoms. The van der Waals surface area contributed by atoms with E-state index in [1.54, 1.807) is 13.3 Å². The Morgan fingerprint density at radius 3 is 2.53 bits per heavy atom. The second kappa shape index (κ2) is 9.77. The normalized spacial score (nSPS) is 14.8. The Kier molecular flexibility index (Phi) is 6.63. The molecule has 0 bridgehead atoms. The number of oxazole rings is 1. The number of benzene rings is 2. The third-order valence-corrected chi connectivity index (χ3v) is 5.91. The Labute approximate surface area is 189 Å². The molecule has 7 nitrogen and oxygen atoms in total. The maximum Gasteiger partial charge on any atom is 0.318 e. The number of methoxy groups -OCH3 is 1. The van der Waals surface area contributed by atoms with Crippen molar-refractivity contribution in [2.45, 2.75) is 26.3 Å². The molecule has 168 valence electrons. The molecule has 2 heterocycles. The van der Waals surface area contributed by atoms with Crippen LogP contribution in [-0.2, 0) is 0 Å². The molecule has 2 amide bonds. The van der Waals surface area contributed by atoms with E-state index in [0.29, 0.717) is 24.7 Å². The van der Waals surface area contributed by atoms with Crippen LogP contribution in [0, 0.1) is 6.92 Å². The number of carbonyl (C=O) groups is 1. The Balaban J connectivity index is 1.38. The van der Waals surface area contributed by atoms with Crippen molar-refractivity contribution in [2.75, 3.05) is 38.2 Å². The first-order valence-electron chi connectivity index (χ1n) is 11.0. The molecule has 1 aliphatic rings. The second-order valence-electron chi connectivity index (χ2n) is 7.92. The first kappa shape index (κ1) is 21.7. The molecule has 0 radical (unpaired) electrons. The molecule has 1 fully saturated rings. The number of urea groups is 1. The van der Waals surface area contributed by atoms with Crippen molar-refractivity contribution in [3.8, 4) is 17.1 Å². The summed E-state index contributed by atoms with van der Waals surface area (Å²) in [5, 5.41) is 3.19. The highest BCUT2D eigenvalue weighted by Crippen LogP contribution is 2.34. The maximum atomic E-state index is 12.8. The summed E-state index contributed by atoms with van der Waals surface area (Å²) < 4.78 is 11.3. The average Bonchev–Trinajstić information content (AvgIpc) is 3.28. The van der Waals surface area contributed by atoms with Crippen LogP contribution in [-0.4, -0.2) is 49.2 Å². The molecule has 4 rings (SSSR count). The van der Waals surface area contributed by atoms with E-state index in [-0.39, 0.29) is 12.1 Å². The summed E-state index contributed by atoms with van der Waals surface area (Å²) in [7, 11) is 1.66. The quantitative estimate of drug-likeness (QED) is 0.612. The van der Waals surface area contributed by atoms with Gasteiger partial charge >= 0.3 is 6.03 Å². The van der Waals surface area contributed by atoms with E-state index >= 15 is 0 Å². The Morgan fingerprint density at radius 2 is 1.91 bits per heavy atom. The number of rotatable bonds is 6. The smallest absolute Gasteiger partial charge is 0.318 e. The molecule has 3 aromatic rings. The highest BCUT2D eigenvalue weighted by molar-refractivity contribution is 5.75. The van der Waals surface area contributed by atoms with Crippen molar-refractivity contribution >= 4 is 11.7 Å². The number of piperazine rings is 1. The topological polar surface area (TPSA) is 70.8 Å². The highest BCUT2D eigenvalue weighted by Gasteiger charge is 2.24. The fraction of sp³-hybridized carbons (Fsp3) is 0.360. The Morgan fingerprint density at radius 1 is 1.16 bits per heavy atom. The number of hydrogen-bond acceptors (Lipinski definition) is 5. The van der Waals surface area contributed by atoms with Gasteiger partial charge in [-0.2, -0.15) is 0 Å². The Bertz CT molecular complexity index is 1040. The van der Waals surface area contributed by atoms with E-state index in [0.717, 1.165) is 42.1 Å². The van der Waals surface area contributed by atoms with E-state index < -0.39 is 0 Å². The number of hydrogen-bond donors (Lipinski definition) is 1. The standard InChI is InChI=1S/C25H30N4O3/c1-4-22(19-8-6-5-7-9-19)27-25(30)29-14-12-28(13-15-29)20-10-11-21(23(16-20)31-3)24-17-26-18(2)32-24/h5-11,16-17,22H,4,12-15H2,1-3H3,(H,27,30)/t22-/m1/s1. The van der Waals surface area contributed by atoms with Gasteiger partial charge in [0.05, 0.1) is 24.9 Å². The van der Waals surface area contributed by atoms with Gasteiger partial charge in [0.15, 0.2) is 11.7 Å². The summed E-state index contributed by atoms with van der Waals surface area (Å²) in [6.45, 7) is 6.78. The number of carbonyl (C=O) groups excluding carboxylic acids is 1. The van der Waals surface area contributed by atoms with Crippen molar-refractivity contribution in [1.82, 2.24) is 15.2 Å². The van der Waals surface area contributed by atoms with Gasteiger partial charge in [0.25, 0.3) is 0 Å². The first-order chi connectivity index (χ1) is 15.6. The summed E-state index contributed by atoms with van der Waals surface area (Å²) >= 11 is 0. The molecule has 1 N–H and O–H groups in total. The summed E-state index contributed by atoms with van der Waals surface area (Å²) in [6.07, 6.45) is 2.57. The van der Waals surface area contributed by atoms with Crippen molar-refractivity contribution in [2.24, 2.45) is 0 Å². The average molecular weight is 435 g/mol. The highest BCUT2D eigenvalue weighted by atomic mass is 16.5. The zero-order valence-corrected chi connectivity index (χ0v) is 18.9. The molecule has 0 aliphatic carbocycles. The van der Waals surface area contributed by atoms with E-state index in [9.17, 15) is 4.79 Å². The van der Waals surface area contributed by atoms with Gasteiger partial charge < -0.3 is 24.3 Å². The van der Waals surface area contributed by atoms with Gasteiger partial charge in [0.1, 0.15) is 5.75 Å². The van der Waals surface area contributed by atoms with Crippen LogP contribution in [0.25, 0.3) is 11.3 Å². The number of nitrogens with one attached hydrogen (secondary N) is 1. The molecule has 0 spiro atoms. The molecule has 0 saturated carbocycles. The number of nitrogens with zero attached hydrogens (tertiary/aromatic N) is 3. The van der Waals surface area contributed by atoms with Crippen LogP contribution in [0.2, 0.25) is 0 Å². The predicted molar refractivity (Wildman–Crippen MR) is 125 cm³/mol. The van der Waals surface area contributed by atoms with Gasteiger partial charge in [0.2, 0.25) is 0 Å². The summed E-state index contributed by atoms with van der Waals surface area (Å²) in [5.74, 6) is 2.06. The number of aromatic nitrogens is 1. The number of aryl methyl sites for hydroxylation is 1. The van der Waals surface area contributed by atoms with Gasteiger partial charge in [-0.05, 0) is 24.1 Å². The minimum atomic E-state index is -0.00558. The van der Waals surface area contributed by atoms with Gasteiger partial charge in [-0.15, -0.1) is 0 Å². The maximum absolute atomic E-state index is 12.8. The van der Waals surface area contributed by atoms with Crippen molar-refractivity contribution in [1.29, 1.82) is 0 Å². The van der Waals surface area contributed by atoms with Crippen LogP contribution in [0.1, 0.15) is 30.8 Å². The minimum Gasteiger partial charge on any atom is -0.496 e. The fourth-order valence-electron chi connectivity index (χ4n) is 4.08. The van der Waals surface area contributed by atoms with Crippen LogP contribution in [0.4, 0.5) is 10.5 Å². The summed E-state index contributed by atoms with van der Waals surface area (Å²) in [4.78, 5) is 21.2. The summed E-state index contributed by atoms with van der Waals surface area (Å²) in [6, 6.07) is 16.2. The lowest BCUT2D eigenvalue weighted by Gasteiger charge is -2.37. The van der Waals surface area contributed by atoms with Crippen molar-refractivity contribution in [3.63, 3.8) is 0 Å². The monoisotopic (exact) mass is 434 g/mol. The third-order valence-electron chi connectivity index (χ3n) is 5.91. The molecule has 0 unspecified atom stereocenters. The van der Waals surface area contributed by atoms with Crippen molar-refractivity contribution < 1.29 is 13.9 Å². The SMILES string of the molecule is CC[C@@H](NC(=O)N1CCN(c2ccc(-c3cnc(C)o3)c(OC)c2)CC1)c1ccccc1. The molecule has 7 heteroatoms. The van der Waals surface area contributed by atoms with E-state index in [1.165, 1.54) is 0 Å². The molecule has 1 atom stereocenters. The van der Waals surface area contributed by atoms with Crippen LogP contribution >= 0.6 is 0 Å². The van der Waals surface area contributed by atoms with Crippen molar-refractivity contribution in [3.05, 3.63) is 66.2 Å². The van der Waals surface area contributed by atoms with Gasteiger partial charge in [-0.25, -0.2) is 9.78 Å². The van der Waals surface area contributed by atoms with E-state index in [2.05, 4.69) is 40.3 Å². The predicted octanol–water partition coefficient (Wildman–Crippen LogP) is 4.64. The van der Waals surface area contributed by atoms with Gasteiger partial charge in [-0.3, -0.25) is 0 Å². The van der Waals surface area contributed by atoms with E-state index in [4.69, 9.17) is 9.15 Å². The number of anilines is 1. The Hall–Kier alpha value is -3.48. The van der Waals surface area contributed by atoms with Crippen LogP contribution in [0.15, 0.2) is 59.1 Å². The lowest BCUT2D eigenvalue weighted by molar-refractivity contribution is 0.190. The molecule has 2 aromatic carbocycles. The molecule has 1 aromatic heterocycles. The lowest BCUT2D eigenvalue weighted by Crippen LogP contribution is -2.52. The van der Waals surface area contributed by atoms with Crippen LogP contribution in [0.5, 0.6) is 5.75 Å². The van der Waals surface area contributed by atoms with Gasteiger partial charge in [0, 0.05) is 44.9 Å². The molecular weight excluding hydrogens is 404 g/mol. The zero-order chi connectivity index (χ0) is 22.5. The summed E-state index contributed by atoms with van der Waals surface area (Å²) in [5.41, 5.74) is 3.08. The fourth-order valence-corrected chi connectivity index (χ4v) is 4.08. The lowest BCUT2D eigenvalue weighted by atomic mass is 10.1. The van der Waals surface area contributed by atoms with Gasteiger partial charge in [-0.1, -0.05) is 37.3 Å². The largest absolute Gasteiger partial charge is 0.496 e. The number of ether oxygens (including phenoxy) is 1. The molecular formula is C25H30N4O3. The molecule has 1 aliphatic heterocycles. The van der Waals surface area contributed by atoms with Crippen LogP contribution in [0.3, 0.4) is 0 Å². The van der Waals surface area contributed by atoms with Crippen LogP contribution < -0.4 is 15.0 Å². The zero-order valence-electron chi connectivity index (χ0n) is 18.9. The second-order valence-corrected chi connectivity index (χ2v) is 7.92. The first-order valence-corrected chi connectivity index (χ1v) is 11.0.